The first-order chi connectivity index (χ1) is 8.97. The standard InChI is InChI=1S/C13H28N2O3S/c1-4-9-15(13-5-7-14-8-6-13)19(16,17)11-10-18-12(2)3/h12-14H,4-11H2,1-3H3. The van der Waals surface area contributed by atoms with Crippen LogP contribution in [-0.4, -0.2) is 56.9 Å². The molecule has 0 spiro atoms. The molecule has 1 heterocycles. The second kappa shape index (κ2) is 8.19. The van der Waals surface area contributed by atoms with Crippen LogP contribution >= 0.6 is 0 Å². The molecule has 6 heteroatoms. The second-order valence-electron chi connectivity index (χ2n) is 5.33. The quantitative estimate of drug-likeness (QED) is 0.730. The number of hydrogen-bond donors (Lipinski definition) is 1. The molecule has 19 heavy (non-hydrogen) atoms. The summed E-state index contributed by atoms with van der Waals surface area (Å²) in [5.74, 6) is 0.0924. The van der Waals surface area contributed by atoms with Gasteiger partial charge in [0, 0.05) is 12.6 Å². The van der Waals surface area contributed by atoms with Crippen LogP contribution in [0.25, 0.3) is 0 Å². The van der Waals surface area contributed by atoms with Gasteiger partial charge in [-0.1, -0.05) is 6.92 Å². The topological polar surface area (TPSA) is 58.6 Å². The van der Waals surface area contributed by atoms with Crippen molar-refractivity contribution in [2.24, 2.45) is 0 Å². The second-order valence-corrected chi connectivity index (χ2v) is 7.37. The molecule has 1 rings (SSSR count). The molecule has 1 N–H and O–H groups in total. The average Bonchev–Trinajstić information content (AvgIpc) is 2.36. The molecule has 0 aromatic rings. The Morgan fingerprint density at radius 3 is 2.47 bits per heavy atom. The molecule has 1 aliphatic rings. The number of piperidine rings is 1. The van der Waals surface area contributed by atoms with Crippen LogP contribution in [0.4, 0.5) is 0 Å². The summed E-state index contributed by atoms with van der Waals surface area (Å²) in [4.78, 5) is 0. The van der Waals surface area contributed by atoms with E-state index in [0.717, 1.165) is 32.4 Å². The fourth-order valence-corrected chi connectivity index (χ4v) is 4.04. The molecule has 114 valence electrons. The van der Waals surface area contributed by atoms with Crippen molar-refractivity contribution in [3.8, 4) is 0 Å². The van der Waals surface area contributed by atoms with Gasteiger partial charge in [-0.15, -0.1) is 0 Å². The molecule has 0 unspecified atom stereocenters. The fraction of sp³-hybridized carbons (Fsp3) is 1.00. The number of nitrogens with zero attached hydrogens (tertiary/aromatic N) is 1. The van der Waals surface area contributed by atoms with Gasteiger partial charge >= 0.3 is 0 Å². The minimum absolute atomic E-state index is 0.0775. The van der Waals surface area contributed by atoms with Crippen LogP contribution in [0.15, 0.2) is 0 Å². The predicted molar refractivity (Wildman–Crippen MR) is 77.8 cm³/mol. The molecule has 0 amide bonds. The van der Waals surface area contributed by atoms with Gasteiger partial charge < -0.3 is 10.1 Å². The summed E-state index contributed by atoms with van der Waals surface area (Å²) in [6.45, 7) is 8.58. The van der Waals surface area contributed by atoms with Crippen LogP contribution in [-0.2, 0) is 14.8 Å². The van der Waals surface area contributed by atoms with Gasteiger partial charge in [0.15, 0.2) is 0 Å². The van der Waals surface area contributed by atoms with Crippen LogP contribution in [0.1, 0.15) is 40.0 Å². The summed E-state index contributed by atoms with van der Waals surface area (Å²) in [6.07, 6.45) is 2.75. The van der Waals surface area contributed by atoms with E-state index in [1.807, 2.05) is 20.8 Å². The van der Waals surface area contributed by atoms with Crippen LogP contribution in [0, 0.1) is 0 Å². The van der Waals surface area contributed by atoms with Gasteiger partial charge in [-0.05, 0) is 46.2 Å². The summed E-state index contributed by atoms with van der Waals surface area (Å²) in [5.41, 5.74) is 0. The van der Waals surface area contributed by atoms with Gasteiger partial charge in [-0.2, -0.15) is 4.31 Å². The van der Waals surface area contributed by atoms with Gasteiger partial charge in [-0.25, -0.2) is 8.42 Å². The van der Waals surface area contributed by atoms with Gasteiger partial charge in [0.05, 0.1) is 18.5 Å². The normalized spacial score (nSPS) is 18.4. The molecule has 0 atom stereocenters. The molecular formula is C13H28N2O3S. The zero-order valence-electron chi connectivity index (χ0n) is 12.4. The maximum atomic E-state index is 12.4. The van der Waals surface area contributed by atoms with E-state index in [1.54, 1.807) is 4.31 Å². The van der Waals surface area contributed by atoms with Gasteiger partial charge in [-0.3, -0.25) is 0 Å². The van der Waals surface area contributed by atoms with E-state index >= 15 is 0 Å². The third-order valence-electron chi connectivity index (χ3n) is 3.31. The van der Waals surface area contributed by atoms with E-state index in [-0.39, 0.29) is 24.5 Å². The molecule has 1 saturated heterocycles. The maximum Gasteiger partial charge on any atom is 0.216 e. The van der Waals surface area contributed by atoms with Gasteiger partial charge in [0.2, 0.25) is 10.0 Å². The van der Waals surface area contributed by atoms with Crippen molar-refractivity contribution in [2.45, 2.75) is 52.2 Å². The van der Waals surface area contributed by atoms with Crippen LogP contribution in [0.2, 0.25) is 0 Å². The third kappa shape index (κ3) is 5.77. The summed E-state index contributed by atoms with van der Waals surface area (Å²) >= 11 is 0. The van der Waals surface area contributed by atoms with E-state index in [0.29, 0.717) is 6.54 Å². The summed E-state index contributed by atoms with van der Waals surface area (Å²) in [7, 11) is -3.20. The highest BCUT2D eigenvalue weighted by Crippen LogP contribution is 2.17. The van der Waals surface area contributed by atoms with Crippen molar-refractivity contribution in [3.63, 3.8) is 0 Å². The Balaban J connectivity index is 2.61. The maximum absolute atomic E-state index is 12.4. The Kier molecular flexibility index (Phi) is 7.28. The van der Waals surface area contributed by atoms with Crippen LogP contribution in [0.5, 0.6) is 0 Å². The Bertz CT molecular complexity index is 338. The smallest absolute Gasteiger partial charge is 0.216 e. The highest BCUT2D eigenvalue weighted by Gasteiger charge is 2.29. The lowest BCUT2D eigenvalue weighted by Gasteiger charge is -2.33. The van der Waals surface area contributed by atoms with Crippen molar-refractivity contribution in [2.75, 3.05) is 32.0 Å². The van der Waals surface area contributed by atoms with E-state index in [9.17, 15) is 8.42 Å². The molecule has 5 nitrogen and oxygen atoms in total. The fourth-order valence-electron chi connectivity index (χ4n) is 2.37. The Morgan fingerprint density at radius 1 is 1.32 bits per heavy atom. The minimum Gasteiger partial charge on any atom is -0.378 e. The van der Waals surface area contributed by atoms with E-state index < -0.39 is 10.0 Å². The molecule has 1 aliphatic heterocycles. The summed E-state index contributed by atoms with van der Waals surface area (Å²) in [5, 5.41) is 3.28. The van der Waals surface area contributed by atoms with E-state index in [4.69, 9.17) is 4.74 Å². The summed E-state index contributed by atoms with van der Waals surface area (Å²) < 4.78 is 31.9. The lowest BCUT2D eigenvalue weighted by atomic mass is 10.1. The van der Waals surface area contributed by atoms with Crippen LogP contribution < -0.4 is 5.32 Å². The number of nitrogens with one attached hydrogen (secondary N) is 1. The van der Waals surface area contributed by atoms with Crippen molar-refractivity contribution < 1.29 is 13.2 Å². The van der Waals surface area contributed by atoms with Crippen molar-refractivity contribution in [1.82, 2.24) is 9.62 Å². The SMILES string of the molecule is CCCN(C1CCNCC1)S(=O)(=O)CCOC(C)C. The summed E-state index contributed by atoms with van der Waals surface area (Å²) in [6, 6.07) is 0.158. The lowest BCUT2D eigenvalue weighted by molar-refractivity contribution is 0.0903. The zero-order chi connectivity index (χ0) is 14.3. The Morgan fingerprint density at radius 2 is 1.95 bits per heavy atom. The number of hydrogen-bond acceptors (Lipinski definition) is 4. The van der Waals surface area contributed by atoms with E-state index in [1.165, 1.54) is 0 Å². The number of sulfonamides is 1. The van der Waals surface area contributed by atoms with Crippen molar-refractivity contribution >= 4 is 10.0 Å². The first kappa shape index (κ1) is 16.9. The Labute approximate surface area is 117 Å². The molecular weight excluding hydrogens is 264 g/mol. The number of rotatable bonds is 8. The largest absolute Gasteiger partial charge is 0.378 e. The lowest BCUT2D eigenvalue weighted by Crippen LogP contribution is -2.47. The molecule has 0 saturated carbocycles. The highest BCUT2D eigenvalue weighted by atomic mass is 32.2. The highest BCUT2D eigenvalue weighted by molar-refractivity contribution is 7.89. The van der Waals surface area contributed by atoms with Crippen molar-refractivity contribution in [1.29, 1.82) is 0 Å². The molecule has 0 aliphatic carbocycles. The van der Waals surface area contributed by atoms with Gasteiger partial charge in [0.25, 0.3) is 0 Å². The van der Waals surface area contributed by atoms with Gasteiger partial charge in [0.1, 0.15) is 0 Å². The predicted octanol–water partition coefficient (Wildman–Crippen LogP) is 1.21. The molecule has 0 aromatic carbocycles. The number of ether oxygens (including phenoxy) is 1. The average molecular weight is 292 g/mol. The van der Waals surface area contributed by atoms with Crippen LogP contribution in [0.3, 0.4) is 0 Å². The monoisotopic (exact) mass is 292 g/mol. The molecule has 1 fully saturated rings. The first-order valence-electron chi connectivity index (χ1n) is 7.29. The van der Waals surface area contributed by atoms with Crippen molar-refractivity contribution in [3.05, 3.63) is 0 Å². The Hall–Kier alpha value is -0.170. The molecule has 0 radical (unpaired) electrons. The van der Waals surface area contributed by atoms with E-state index in [2.05, 4.69) is 5.32 Å². The zero-order valence-corrected chi connectivity index (χ0v) is 13.2. The molecule has 0 bridgehead atoms. The third-order valence-corrected chi connectivity index (χ3v) is 5.19. The molecule has 0 aromatic heterocycles. The minimum atomic E-state index is -3.20. The first-order valence-corrected chi connectivity index (χ1v) is 8.90.